The summed E-state index contributed by atoms with van der Waals surface area (Å²) in [6.07, 6.45) is 0. The predicted octanol–water partition coefficient (Wildman–Crippen LogP) is 1.90. The standard InChI is InChI=1S/C7H6BrN3O2/c8-7(10)5-3-4(11(12)13)1-2-6(5)9/h1-3,10H,9H2. The van der Waals surface area contributed by atoms with Gasteiger partial charge in [-0.25, -0.2) is 0 Å². The van der Waals surface area contributed by atoms with Gasteiger partial charge in [0.25, 0.3) is 5.69 Å². The predicted molar refractivity (Wildman–Crippen MR) is 53.3 cm³/mol. The molecule has 0 aromatic heterocycles. The van der Waals surface area contributed by atoms with Crippen LogP contribution in [0.2, 0.25) is 0 Å². The second kappa shape index (κ2) is 3.53. The SMILES string of the molecule is N=C(Br)c1cc([N+](=O)[O-])ccc1N. The average Bonchev–Trinajstić information content (AvgIpc) is 2.04. The third-order valence-corrected chi connectivity index (χ3v) is 1.91. The lowest BCUT2D eigenvalue weighted by atomic mass is 10.2. The Balaban J connectivity index is 3.27. The Labute approximate surface area is 82.3 Å². The van der Waals surface area contributed by atoms with Gasteiger partial charge in [0.15, 0.2) is 0 Å². The number of nitrogens with one attached hydrogen (secondary N) is 1. The van der Waals surface area contributed by atoms with Gasteiger partial charge in [0, 0.05) is 23.4 Å². The van der Waals surface area contributed by atoms with Gasteiger partial charge in [-0.15, -0.1) is 0 Å². The molecule has 0 aliphatic carbocycles. The van der Waals surface area contributed by atoms with E-state index in [4.69, 9.17) is 11.1 Å². The van der Waals surface area contributed by atoms with Crippen molar-refractivity contribution >= 4 is 31.9 Å². The highest BCUT2D eigenvalue weighted by molar-refractivity contribution is 9.18. The summed E-state index contributed by atoms with van der Waals surface area (Å²) in [4.78, 5) is 9.84. The first-order valence-corrected chi connectivity index (χ1v) is 4.10. The van der Waals surface area contributed by atoms with Crippen molar-refractivity contribution in [3.63, 3.8) is 0 Å². The summed E-state index contributed by atoms with van der Waals surface area (Å²) >= 11 is 2.90. The number of benzene rings is 1. The van der Waals surface area contributed by atoms with Gasteiger partial charge in [0.2, 0.25) is 0 Å². The van der Waals surface area contributed by atoms with Crippen molar-refractivity contribution in [2.75, 3.05) is 5.73 Å². The molecule has 5 nitrogen and oxygen atoms in total. The zero-order valence-corrected chi connectivity index (χ0v) is 8.04. The number of nitro groups is 1. The van der Waals surface area contributed by atoms with Gasteiger partial charge >= 0.3 is 0 Å². The van der Waals surface area contributed by atoms with Crippen LogP contribution < -0.4 is 5.73 Å². The summed E-state index contributed by atoms with van der Waals surface area (Å²) in [6, 6.07) is 3.96. The molecule has 0 fully saturated rings. The van der Waals surface area contributed by atoms with E-state index >= 15 is 0 Å². The fourth-order valence-corrected chi connectivity index (χ4v) is 1.19. The van der Waals surface area contributed by atoms with E-state index in [9.17, 15) is 10.1 Å². The van der Waals surface area contributed by atoms with Gasteiger partial charge < -0.3 is 5.73 Å². The van der Waals surface area contributed by atoms with Crippen LogP contribution in [0.3, 0.4) is 0 Å². The van der Waals surface area contributed by atoms with E-state index in [0.717, 1.165) is 0 Å². The molecule has 0 spiro atoms. The molecular weight excluding hydrogens is 238 g/mol. The molecule has 13 heavy (non-hydrogen) atoms. The third kappa shape index (κ3) is 2.03. The molecule has 0 saturated heterocycles. The van der Waals surface area contributed by atoms with E-state index in [1.807, 2.05) is 0 Å². The number of halogens is 1. The fraction of sp³-hybridized carbons (Fsp3) is 0. The zero-order chi connectivity index (χ0) is 10.0. The molecule has 0 saturated carbocycles. The monoisotopic (exact) mass is 243 g/mol. The number of nitro benzene ring substituents is 1. The summed E-state index contributed by atoms with van der Waals surface area (Å²) in [5.74, 6) is 0. The van der Waals surface area contributed by atoms with Crippen molar-refractivity contribution in [2.45, 2.75) is 0 Å². The molecule has 1 rings (SSSR count). The van der Waals surface area contributed by atoms with E-state index in [-0.39, 0.29) is 10.3 Å². The van der Waals surface area contributed by atoms with Gasteiger partial charge in [0.1, 0.15) is 4.62 Å². The quantitative estimate of drug-likeness (QED) is 0.360. The molecule has 0 heterocycles. The highest BCUT2D eigenvalue weighted by atomic mass is 79.9. The summed E-state index contributed by atoms with van der Waals surface area (Å²) in [5.41, 5.74) is 6.09. The maximum absolute atomic E-state index is 10.4. The first kappa shape index (κ1) is 9.66. The molecule has 1 aromatic rings. The highest BCUT2D eigenvalue weighted by Gasteiger charge is 2.10. The summed E-state index contributed by atoms with van der Waals surface area (Å²) in [5, 5.41) is 17.6. The minimum atomic E-state index is -0.529. The van der Waals surface area contributed by atoms with Crippen LogP contribution in [0.5, 0.6) is 0 Å². The topological polar surface area (TPSA) is 93.0 Å². The van der Waals surface area contributed by atoms with Crippen LogP contribution >= 0.6 is 15.9 Å². The van der Waals surface area contributed by atoms with E-state index in [1.54, 1.807) is 0 Å². The van der Waals surface area contributed by atoms with E-state index in [0.29, 0.717) is 11.3 Å². The Morgan fingerprint density at radius 3 is 2.69 bits per heavy atom. The Morgan fingerprint density at radius 2 is 2.23 bits per heavy atom. The minimum absolute atomic E-state index is 0.0358. The largest absolute Gasteiger partial charge is 0.398 e. The van der Waals surface area contributed by atoms with Crippen LogP contribution in [0.4, 0.5) is 11.4 Å². The van der Waals surface area contributed by atoms with Gasteiger partial charge in [-0.2, -0.15) is 0 Å². The Morgan fingerprint density at radius 1 is 1.62 bits per heavy atom. The first-order valence-electron chi connectivity index (χ1n) is 3.30. The molecule has 0 atom stereocenters. The van der Waals surface area contributed by atoms with Crippen LogP contribution in [0.1, 0.15) is 5.56 Å². The minimum Gasteiger partial charge on any atom is -0.398 e. The van der Waals surface area contributed by atoms with Crippen molar-refractivity contribution in [2.24, 2.45) is 0 Å². The molecule has 0 amide bonds. The lowest BCUT2D eigenvalue weighted by Crippen LogP contribution is -1.98. The molecule has 0 aliphatic heterocycles. The van der Waals surface area contributed by atoms with Crippen LogP contribution in [-0.2, 0) is 0 Å². The molecule has 0 bridgehead atoms. The van der Waals surface area contributed by atoms with Crippen LogP contribution in [0, 0.1) is 15.5 Å². The van der Waals surface area contributed by atoms with Crippen molar-refractivity contribution < 1.29 is 4.92 Å². The smallest absolute Gasteiger partial charge is 0.270 e. The summed E-state index contributed by atoms with van der Waals surface area (Å²) in [7, 11) is 0. The van der Waals surface area contributed by atoms with Gasteiger partial charge in [-0.3, -0.25) is 15.5 Å². The number of anilines is 1. The second-order valence-electron chi connectivity index (χ2n) is 2.34. The molecule has 0 aliphatic rings. The van der Waals surface area contributed by atoms with Crippen molar-refractivity contribution in [3.05, 3.63) is 33.9 Å². The van der Waals surface area contributed by atoms with Crippen molar-refractivity contribution in [1.29, 1.82) is 5.41 Å². The highest BCUT2D eigenvalue weighted by Crippen LogP contribution is 2.21. The van der Waals surface area contributed by atoms with Crippen molar-refractivity contribution in [1.82, 2.24) is 0 Å². The maximum Gasteiger partial charge on any atom is 0.270 e. The summed E-state index contributed by atoms with van der Waals surface area (Å²) in [6.45, 7) is 0. The number of non-ortho nitro benzene ring substituents is 1. The Hall–Kier alpha value is -1.43. The maximum atomic E-state index is 10.4. The number of nitrogens with zero attached hydrogens (tertiary/aromatic N) is 1. The van der Waals surface area contributed by atoms with Crippen molar-refractivity contribution in [3.8, 4) is 0 Å². The van der Waals surface area contributed by atoms with E-state index < -0.39 is 4.92 Å². The lowest BCUT2D eigenvalue weighted by Gasteiger charge is -2.00. The molecule has 68 valence electrons. The molecule has 0 radical (unpaired) electrons. The number of rotatable bonds is 2. The van der Waals surface area contributed by atoms with Crippen LogP contribution in [0.25, 0.3) is 0 Å². The second-order valence-corrected chi connectivity index (χ2v) is 3.14. The summed E-state index contributed by atoms with van der Waals surface area (Å²) < 4.78 is 0.0358. The number of hydrogen-bond donors (Lipinski definition) is 2. The first-order chi connectivity index (χ1) is 6.02. The van der Waals surface area contributed by atoms with Crippen LogP contribution in [0.15, 0.2) is 18.2 Å². The average molecular weight is 244 g/mol. The van der Waals surface area contributed by atoms with Gasteiger partial charge in [-0.05, 0) is 22.0 Å². The number of nitrogen functional groups attached to an aromatic ring is 1. The van der Waals surface area contributed by atoms with E-state index in [2.05, 4.69) is 15.9 Å². The van der Waals surface area contributed by atoms with Gasteiger partial charge in [-0.1, -0.05) is 0 Å². The Bertz CT molecular complexity index is 378. The molecular formula is C7H6BrN3O2. The number of hydrogen-bond acceptors (Lipinski definition) is 4. The molecule has 3 N–H and O–H groups in total. The lowest BCUT2D eigenvalue weighted by molar-refractivity contribution is -0.384. The van der Waals surface area contributed by atoms with E-state index in [1.165, 1.54) is 18.2 Å². The molecule has 1 aromatic carbocycles. The Kier molecular flexibility index (Phi) is 2.62. The van der Waals surface area contributed by atoms with Gasteiger partial charge in [0.05, 0.1) is 4.92 Å². The van der Waals surface area contributed by atoms with Crippen LogP contribution in [-0.4, -0.2) is 9.54 Å². The number of nitrogens with two attached hydrogens (primary N) is 1. The molecule has 6 heteroatoms. The third-order valence-electron chi connectivity index (χ3n) is 1.48. The molecule has 0 unspecified atom stereocenters. The fourth-order valence-electron chi connectivity index (χ4n) is 0.848. The zero-order valence-electron chi connectivity index (χ0n) is 6.45. The normalized spacial score (nSPS) is 9.62.